The van der Waals surface area contributed by atoms with Crippen molar-refractivity contribution < 1.29 is 48.6 Å². The molecule has 0 bridgehead atoms. The number of hydrogen-bond donors (Lipinski definition) is 6. The quantitative estimate of drug-likeness (QED) is 0.0744. The van der Waals surface area contributed by atoms with Gasteiger partial charge in [-0.2, -0.15) is 14.7 Å². The van der Waals surface area contributed by atoms with Gasteiger partial charge in [0.25, 0.3) is 0 Å². The number of amides is 3. The highest BCUT2D eigenvalue weighted by molar-refractivity contribution is 5.82. The smallest absolute Gasteiger partial charge is 0.373 e. The van der Waals surface area contributed by atoms with Crippen molar-refractivity contribution in [1.29, 1.82) is 0 Å². The number of hydrazine groups is 1. The van der Waals surface area contributed by atoms with Gasteiger partial charge in [-0.3, -0.25) is 24.6 Å². The van der Waals surface area contributed by atoms with Crippen LogP contribution in [0.2, 0.25) is 0 Å². The number of hydrogen-bond acceptors (Lipinski definition) is 10. The van der Waals surface area contributed by atoms with Crippen LogP contribution in [0, 0.1) is 0 Å². The molecule has 3 amide bonds. The van der Waals surface area contributed by atoms with Crippen LogP contribution in [0.4, 0.5) is 9.18 Å². The third-order valence-electron chi connectivity index (χ3n) is 5.84. The number of aromatic nitrogens is 3. The number of carbonyl (C=O) groups excluding carboxylic acids is 4. The Labute approximate surface area is 246 Å². The molecule has 1 aromatic carbocycles. The third-order valence-corrected chi connectivity index (χ3v) is 5.84. The molecule has 16 nitrogen and oxygen atoms in total. The summed E-state index contributed by atoms with van der Waals surface area (Å²) in [5.41, 5.74) is 7.36. The van der Waals surface area contributed by atoms with Crippen LogP contribution in [0.1, 0.15) is 56.2 Å². The first-order valence-electron chi connectivity index (χ1n) is 13.4. The van der Waals surface area contributed by atoms with E-state index in [1.54, 1.807) is 10.9 Å². The normalized spacial score (nSPS) is 10.9. The van der Waals surface area contributed by atoms with Gasteiger partial charge in [-0.15, -0.1) is 5.10 Å². The monoisotopic (exact) mass is 609 g/mol. The highest BCUT2D eigenvalue weighted by Gasteiger charge is 2.29. The van der Waals surface area contributed by atoms with E-state index in [4.69, 9.17) is 19.8 Å². The summed E-state index contributed by atoms with van der Waals surface area (Å²) >= 11 is 0. The summed E-state index contributed by atoms with van der Waals surface area (Å²) in [5.74, 6) is -2.85. The van der Waals surface area contributed by atoms with E-state index in [1.165, 1.54) is 0 Å². The number of benzene rings is 1. The molecule has 0 saturated carbocycles. The topological polar surface area (TPSA) is 233 Å². The lowest BCUT2D eigenvalue weighted by Gasteiger charge is -2.22. The lowest BCUT2D eigenvalue weighted by molar-refractivity contribution is -0.191. The minimum atomic E-state index is -1.69. The van der Waals surface area contributed by atoms with Crippen LogP contribution < -0.4 is 16.2 Å². The molecule has 1 aromatic heterocycles. The number of nitrogens with one attached hydrogen (secondary N) is 3. The molecule has 0 aliphatic rings. The molecule has 6 N–H and O–H groups in total. The summed E-state index contributed by atoms with van der Waals surface area (Å²) in [4.78, 5) is 61.9. The lowest BCUT2D eigenvalue weighted by Crippen LogP contribution is -2.51. The average molecular weight is 610 g/mol. The van der Waals surface area contributed by atoms with E-state index in [0.717, 1.165) is 23.4 Å². The second-order valence-corrected chi connectivity index (χ2v) is 9.10. The molecule has 0 aliphatic heterocycles. The largest absolute Gasteiger partial charge is 0.481 e. The first-order chi connectivity index (χ1) is 20.6. The predicted octanol–water partition coefficient (Wildman–Crippen LogP) is 1.03. The molecule has 0 radical (unpaired) electrons. The van der Waals surface area contributed by atoms with Crippen LogP contribution in [0.3, 0.4) is 0 Å². The van der Waals surface area contributed by atoms with Crippen LogP contribution in [-0.2, 0) is 36.8 Å². The van der Waals surface area contributed by atoms with E-state index in [1.807, 2.05) is 24.3 Å². The molecular formula is C26H36FN7O9. The highest BCUT2D eigenvalue weighted by atomic mass is 19.1. The Hall–Kier alpha value is -4.73. The number of carboxylic acid groups (broad SMARTS) is 2. The third kappa shape index (κ3) is 15.2. The Bertz CT molecular complexity index is 1190. The maximum absolute atomic E-state index is 12.3. The number of halogens is 1. The van der Waals surface area contributed by atoms with E-state index < -0.39 is 36.9 Å². The van der Waals surface area contributed by atoms with Crippen molar-refractivity contribution in [2.24, 2.45) is 0 Å². The molecule has 2 aromatic rings. The van der Waals surface area contributed by atoms with Crippen molar-refractivity contribution in [3.8, 4) is 5.69 Å². The van der Waals surface area contributed by atoms with Crippen LogP contribution >= 0.6 is 0 Å². The number of rotatable bonds is 19. The summed E-state index contributed by atoms with van der Waals surface area (Å²) in [6.45, 7) is 0.353. The average Bonchev–Trinajstić information content (AvgIpc) is 3.45. The minimum Gasteiger partial charge on any atom is -0.481 e. The Morgan fingerprint density at radius 1 is 0.977 bits per heavy atom. The van der Waals surface area contributed by atoms with E-state index in [2.05, 4.69) is 26.5 Å². The van der Waals surface area contributed by atoms with Crippen LogP contribution in [0.15, 0.2) is 30.5 Å². The maximum atomic E-state index is 12.3. The van der Waals surface area contributed by atoms with Gasteiger partial charge in [0.2, 0.25) is 5.91 Å². The van der Waals surface area contributed by atoms with Crippen molar-refractivity contribution >= 4 is 30.0 Å². The van der Waals surface area contributed by atoms with Crippen LogP contribution in [0.25, 0.3) is 5.69 Å². The van der Waals surface area contributed by atoms with Crippen molar-refractivity contribution in [1.82, 2.24) is 36.2 Å². The number of nitrogens with zero attached hydrogens (tertiary/aromatic N) is 4. The first-order valence-corrected chi connectivity index (χ1v) is 13.4. The van der Waals surface area contributed by atoms with Gasteiger partial charge in [-0.1, -0.05) is 17.3 Å². The molecule has 2 rings (SSSR count). The summed E-state index contributed by atoms with van der Waals surface area (Å²) in [5, 5.41) is 38.3. The van der Waals surface area contributed by atoms with Gasteiger partial charge in [-0.25, -0.2) is 19.7 Å². The summed E-state index contributed by atoms with van der Waals surface area (Å²) < 4.78 is 14.0. The van der Waals surface area contributed by atoms with Gasteiger partial charge in [0.15, 0.2) is 6.04 Å². The first kappa shape index (κ1) is 36.3. The zero-order chi connectivity index (χ0) is 32.0. The van der Waals surface area contributed by atoms with Gasteiger partial charge < -0.3 is 15.5 Å². The second kappa shape index (κ2) is 21.0. The van der Waals surface area contributed by atoms with Gasteiger partial charge in [0.05, 0.1) is 24.3 Å². The van der Waals surface area contributed by atoms with Crippen molar-refractivity contribution in [3.05, 3.63) is 41.7 Å². The summed E-state index contributed by atoms with van der Waals surface area (Å²) in [6.07, 6.45) is 5.00. The molecule has 236 valence electrons. The molecule has 0 fully saturated rings. The fourth-order valence-corrected chi connectivity index (χ4v) is 3.66. The Morgan fingerprint density at radius 2 is 1.65 bits per heavy atom. The Balaban J connectivity index is 0.00000295. The van der Waals surface area contributed by atoms with Gasteiger partial charge in [0, 0.05) is 25.9 Å². The Kier molecular flexibility index (Phi) is 17.8. The van der Waals surface area contributed by atoms with Gasteiger partial charge in [-0.05, 0) is 62.6 Å². The number of aryl methyl sites for hydroxylation is 2. The van der Waals surface area contributed by atoms with E-state index in [-0.39, 0.29) is 23.8 Å². The van der Waals surface area contributed by atoms with Crippen LogP contribution in [0.5, 0.6) is 0 Å². The van der Waals surface area contributed by atoms with E-state index in [9.17, 15) is 28.8 Å². The van der Waals surface area contributed by atoms with Crippen molar-refractivity contribution in [2.75, 3.05) is 19.8 Å². The maximum Gasteiger partial charge on any atom is 0.373 e. The zero-order valence-corrected chi connectivity index (χ0v) is 23.4. The van der Waals surface area contributed by atoms with E-state index in [0.29, 0.717) is 51.6 Å². The van der Waals surface area contributed by atoms with E-state index >= 15 is 0 Å². The van der Waals surface area contributed by atoms with Crippen LogP contribution in [-0.4, -0.2) is 91.3 Å². The number of urea groups is 1. The van der Waals surface area contributed by atoms with Crippen molar-refractivity contribution in [2.45, 2.75) is 63.8 Å². The zero-order valence-electron chi connectivity index (χ0n) is 23.4. The van der Waals surface area contributed by atoms with Gasteiger partial charge in [0.1, 0.15) is 0 Å². The molecule has 43 heavy (non-hydrogen) atoms. The Morgan fingerprint density at radius 3 is 2.28 bits per heavy atom. The summed E-state index contributed by atoms with van der Waals surface area (Å²) in [7, 11) is 0. The molecule has 1 atom stereocenters. The SMILES string of the molecule is O=C(O)CC[C@@H](C(=O)O)N(O)C(=O)NNCCCCNC(=O)CCCc1ccc(-n2cc(CCCF)nn2)cc1.O=C=O. The fourth-order valence-electron chi connectivity index (χ4n) is 3.66. The number of carbonyl (C=O) groups is 4. The predicted molar refractivity (Wildman–Crippen MR) is 144 cm³/mol. The van der Waals surface area contributed by atoms with Gasteiger partial charge >= 0.3 is 24.1 Å². The molecule has 0 saturated heterocycles. The molecule has 0 aliphatic carbocycles. The number of aliphatic carboxylic acids is 2. The minimum absolute atomic E-state index is 0.0583. The highest BCUT2D eigenvalue weighted by Crippen LogP contribution is 2.12. The molecule has 17 heteroatoms. The molecular weight excluding hydrogens is 573 g/mol. The number of unbranched alkanes of at least 4 members (excludes halogenated alkanes) is 1. The second-order valence-electron chi connectivity index (χ2n) is 9.10. The lowest BCUT2D eigenvalue weighted by atomic mass is 10.1. The standard InChI is InChI=1S/C25H36FN7O7.CO2/c26-14-4-6-19-17-32(31-29-19)20-10-8-18(9-11-20)5-3-7-22(34)27-15-1-2-16-28-30-25(39)33(40)21(24(37)38)12-13-23(35)36;2-1-3/h8-11,17,21,28,40H,1-7,12-16H2,(H,27,34)(H,30,39)(H,35,36)(H,37,38);/t21-;/m0./s1. The number of hydroxylamine groups is 2. The number of carboxylic acids is 2. The molecule has 0 spiro atoms. The molecule has 1 heterocycles. The summed E-state index contributed by atoms with van der Waals surface area (Å²) in [6, 6.07) is 4.95. The number of alkyl halides is 1. The fraction of sp³-hybridized carbons (Fsp3) is 0.500. The molecule has 0 unspecified atom stereocenters. The van der Waals surface area contributed by atoms with Crippen molar-refractivity contribution in [3.63, 3.8) is 0 Å².